The summed E-state index contributed by atoms with van der Waals surface area (Å²) in [6.45, 7) is -1.01. The average Bonchev–Trinajstić information content (AvgIpc) is 2.90. The van der Waals surface area contributed by atoms with Crippen LogP contribution >= 0.6 is 0 Å². The Labute approximate surface area is 221 Å². The second-order valence-electron chi connectivity index (χ2n) is 8.79. The molecule has 0 fully saturated rings. The van der Waals surface area contributed by atoms with Gasteiger partial charge in [0.15, 0.2) is 0 Å². The van der Waals surface area contributed by atoms with Crippen molar-refractivity contribution < 1.29 is 41.0 Å². The molecule has 0 bridgehead atoms. The van der Waals surface area contributed by atoms with E-state index in [1.165, 1.54) is 0 Å². The number of alkyl halides is 6. The van der Waals surface area contributed by atoms with E-state index in [0.29, 0.717) is 12.1 Å². The summed E-state index contributed by atoms with van der Waals surface area (Å²) in [5.41, 5.74) is -1.40. The maximum atomic E-state index is 13.3. The van der Waals surface area contributed by atoms with E-state index in [-0.39, 0.29) is 43.9 Å². The number of halogens is 6. The van der Waals surface area contributed by atoms with Crippen molar-refractivity contribution in [1.29, 1.82) is 0 Å². The van der Waals surface area contributed by atoms with Crippen molar-refractivity contribution in [1.82, 2.24) is 10.6 Å². The van der Waals surface area contributed by atoms with Crippen LogP contribution in [0.25, 0.3) is 0 Å². The van der Waals surface area contributed by atoms with Crippen molar-refractivity contribution in [3.05, 3.63) is 107 Å². The lowest BCUT2D eigenvalue weighted by molar-refractivity contribution is -0.143. The Hall–Kier alpha value is -3.41. The van der Waals surface area contributed by atoms with E-state index >= 15 is 0 Å². The van der Waals surface area contributed by atoms with Gasteiger partial charge in [0.25, 0.3) is 0 Å². The first-order valence-corrected chi connectivity index (χ1v) is 12.1. The second-order valence-corrected chi connectivity index (χ2v) is 8.79. The number of hydrogen-bond acceptors (Lipinski definition) is 4. The zero-order valence-electron chi connectivity index (χ0n) is 20.7. The molecule has 39 heavy (non-hydrogen) atoms. The molecule has 1 amide bonds. The van der Waals surface area contributed by atoms with Crippen molar-refractivity contribution in [2.24, 2.45) is 0 Å². The Kier molecular flexibility index (Phi) is 10.5. The number of hydrogen-bond donors (Lipinski definition) is 3. The number of aliphatic hydroxyl groups excluding tert-OH is 1. The van der Waals surface area contributed by atoms with Gasteiger partial charge in [-0.2, -0.15) is 26.3 Å². The van der Waals surface area contributed by atoms with Gasteiger partial charge in [-0.05, 0) is 34.9 Å². The number of carbonyl (C=O) groups is 1. The van der Waals surface area contributed by atoms with E-state index in [9.17, 15) is 31.1 Å². The third kappa shape index (κ3) is 9.09. The summed E-state index contributed by atoms with van der Waals surface area (Å²) < 4.78 is 85.2. The first-order chi connectivity index (χ1) is 18.5. The Bertz CT molecular complexity index is 1120. The average molecular weight is 555 g/mol. The van der Waals surface area contributed by atoms with Gasteiger partial charge in [-0.3, -0.25) is 4.79 Å². The smallest absolute Gasteiger partial charge is 0.395 e. The molecule has 3 aromatic carbocycles. The lowest BCUT2D eigenvalue weighted by Gasteiger charge is -2.29. The minimum Gasteiger partial charge on any atom is -0.395 e. The van der Waals surface area contributed by atoms with Gasteiger partial charge in [0.05, 0.1) is 37.5 Å². The molecule has 0 spiro atoms. The first kappa shape index (κ1) is 30.1. The van der Waals surface area contributed by atoms with Crippen molar-refractivity contribution in [3.63, 3.8) is 0 Å². The number of rotatable bonds is 12. The zero-order valence-corrected chi connectivity index (χ0v) is 20.7. The minimum absolute atomic E-state index is 0.0551. The molecule has 3 aromatic rings. The molecule has 0 heterocycles. The summed E-state index contributed by atoms with van der Waals surface area (Å²) >= 11 is 0. The topological polar surface area (TPSA) is 70.6 Å². The van der Waals surface area contributed by atoms with Gasteiger partial charge >= 0.3 is 12.4 Å². The minimum atomic E-state index is -4.96. The van der Waals surface area contributed by atoms with Crippen molar-refractivity contribution in [2.75, 3.05) is 26.3 Å². The van der Waals surface area contributed by atoms with Crippen molar-refractivity contribution in [3.8, 4) is 0 Å². The van der Waals surface area contributed by atoms with Crippen LogP contribution in [0.4, 0.5) is 26.3 Å². The number of benzene rings is 3. The maximum absolute atomic E-state index is 13.3. The van der Waals surface area contributed by atoms with Gasteiger partial charge in [-0.1, -0.05) is 60.7 Å². The van der Waals surface area contributed by atoms with E-state index < -0.39 is 42.0 Å². The fraction of sp³-hybridized carbons (Fsp3) is 0.321. The van der Waals surface area contributed by atoms with Crippen LogP contribution in [0.5, 0.6) is 0 Å². The standard InChI is InChI=1S/C28H28F6N2O3/c29-27(30,31)22-13-19(14-23(15-22)28(32,33)34)17-39-18-24(36-16-25(38)35-11-12-37)26(20-7-3-1-4-8-20)21-9-5-2-6-10-21/h1-10,13-15,24,26,36-37H,11-12,16-18H2,(H,35,38). The molecule has 5 nitrogen and oxygen atoms in total. The number of nitrogens with one attached hydrogen (secondary N) is 2. The number of amides is 1. The fourth-order valence-corrected chi connectivity index (χ4v) is 4.14. The lowest BCUT2D eigenvalue weighted by atomic mass is 9.85. The quantitative estimate of drug-likeness (QED) is 0.271. The summed E-state index contributed by atoms with van der Waals surface area (Å²) in [6.07, 6.45) is -9.93. The zero-order chi connectivity index (χ0) is 28.5. The molecule has 0 aromatic heterocycles. The lowest BCUT2D eigenvalue weighted by Crippen LogP contribution is -2.45. The van der Waals surface area contributed by atoms with E-state index in [0.717, 1.165) is 11.1 Å². The summed E-state index contributed by atoms with van der Waals surface area (Å²) in [5, 5.41) is 14.6. The molecule has 0 saturated heterocycles. The van der Waals surface area contributed by atoms with E-state index in [2.05, 4.69) is 10.6 Å². The molecule has 3 N–H and O–H groups in total. The summed E-state index contributed by atoms with van der Waals surface area (Å²) in [4.78, 5) is 12.2. The van der Waals surface area contributed by atoms with Crippen LogP contribution in [0.1, 0.15) is 33.7 Å². The summed E-state index contributed by atoms with van der Waals surface area (Å²) in [6, 6.07) is 19.2. The highest BCUT2D eigenvalue weighted by atomic mass is 19.4. The highest BCUT2D eigenvalue weighted by Crippen LogP contribution is 2.36. The molecular formula is C28H28F6N2O3. The van der Waals surface area contributed by atoms with Crippen LogP contribution in [0.3, 0.4) is 0 Å². The van der Waals surface area contributed by atoms with Gasteiger partial charge in [-0.15, -0.1) is 0 Å². The van der Waals surface area contributed by atoms with Gasteiger partial charge in [0, 0.05) is 18.5 Å². The summed E-state index contributed by atoms with van der Waals surface area (Å²) in [5.74, 6) is -0.771. The van der Waals surface area contributed by atoms with E-state index in [1.807, 2.05) is 60.7 Å². The van der Waals surface area contributed by atoms with Gasteiger partial charge in [-0.25, -0.2) is 0 Å². The van der Waals surface area contributed by atoms with Crippen LogP contribution in [-0.2, 0) is 28.5 Å². The first-order valence-electron chi connectivity index (χ1n) is 12.1. The molecule has 0 saturated carbocycles. The van der Waals surface area contributed by atoms with Crippen LogP contribution < -0.4 is 10.6 Å². The largest absolute Gasteiger partial charge is 0.416 e. The monoisotopic (exact) mass is 554 g/mol. The molecule has 11 heteroatoms. The Balaban J connectivity index is 1.87. The van der Waals surface area contributed by atoms with Gasteiger partial charge in [0.1, 0.15) is 0 Å². The molecule has 1 unspecified atom stereocenters. The Morgan fingerprint density at radius 3 is 1.79 bits per heavy atom. The van der Waals surface area contributed by atoms with Crippen LogP contribution in [0, 0.1) is 0 Å². The Morgan fingerprint density at radius 2 is 1.33 bits per heavy atom. The van der Waals surface area contributed by atoms with Crippen LogP contribution in [0.2, 0.25) is 0 Å². The number of carbonyl (C=O) groups excluding carboxylic acids is 1. The van der Waals surface area contributed by atoms with E-state index in [4.69, 9.17) is 9.84 Å². The van der Waals surface area contributed by atoms with Crippen molar-refractivity contribution in [2.45, 2.75) is 30.9 Å². The second kappa shape index (κ2) is 13.6. The Morgan fingerprint density at radius 1 is 0.821 bits per heavy atom. The number of ether oxygens (including phenoxy) is 1. The molecule has 0 aliphatic rings. The van der Waals surface area contributed by atoms with Gasteiger partial charge < -0.3 is 20.5 Å². The molecular weight excluding hydrogens is 526 g/mol. The predicted molar refractivity (Wildman–Crippen MR) is 133 cm³/mol. The van der Waals surface area contributed by atoms with E-state index in [1.54, 1.807) is 0 Å². The molecule has 0 aliphatic heterocycles. The molecule has 1 atom stereocenters. The highest BCUT2D eigenvalue weighted by molar-refractivity contribution is 5.78. The SMILES string of the molecule is O=C(CNC(COCc1cc(C(F)(F)F)cc(C(F)(F)F)c1)C(c1ccccc1)c1ccccc1)NCCO. The molecule has 0 aliphatic carbocycles. The summed E-state index contributed by atoms with van der Waals surface area (Å²) in [7, 11) is 0. The van der Waals surface area contributed by atoms with Crippen LogP contribution in [0.15, 0.2) is 78.9 Å². The fourth-order valence-electron chi connectivity index (χ4n) is 4.14. The predicted octanol–water partition coefficient (Wildman–Crippen LogP) is 5.14. The maximum Gasteiger partial charge on any atom is 0.416 e. The van der Waals surface area contributed by atoms with Gasteiger partial charge in [0.2, 0.25) is 5.91 Å². The number of aliphatic hydroxyl groups is 1. The van der Waals surface area contributed by atoms with Crippen molar-refractivity contribution >= 4 is 5.91 Å². The molecule has 0 radical (unpaired) electrons. The third-order valence-corrected chi connectivity index (χ3v) is 5.89. The highest BCUT2D eigenvalue weighted by Gasteiger charge is 2.37. The molecule has 210 valence electrons. The normalized spacial score (nSPS) is 12.9. The third-order valence-electron chi connectivity index (χ3n) is 5.89. The molecule has 3 rings (SSSR count). The van der Waals surface area contributed by atoms with Crippen LogP contribution in [-0.4, -0.2) is 43.4 Å².